The van der Waals surface area contributed by atoms with Crippen molar-refractivity contribution in [3.8, 4) is 0 Å². The molecule has 0 aliphatic heterocycles. The van der Waals surface area contributed by atoms with Crippen LogP contribution in [0.5, 0.6) is 0 Å². The zero-order chi connectivity index (χ0) is 18.7. The Morgan fingerprint density at radius 1 is 0.923 bits per heavy atom. The van der Waals surface area contributed by atoms with Crippen LogP contribution in [0.4, 0.5) is 26.0 Å². The van der Waals surface area contributed by atoms with Crippen LogP contribution < -0.4 is 10.6 Å². The number of aromatic nitrogens is 1. The predicted molar refractivity (Wildman–Crippen MR) is 98.3 cm³/mol. The van der Waals surface area contributed by atoms with Gasteiger partial charge >= 0.3 is 0 Å². The smallest absolute Gasteiger partial charge is 0.259 e. The Morgan fingerprint density at radius 2 is 1.54 bits per heavy atom. The van der Waals surface area contributed by atoms with Gasteiger partial charge in [-0.1, -0.05) is 23.2 Å². The van der Waals surface area contributed by atoms with Crippen molar-refractivity contribution in [3.05, 3.63) is 82.0 Å². The van der Waals surface area contributed by atoms with Crippen molar-refractivity contribution in [2.75, 3.05) is 10.6 Å². The summed E-state index contributed by atoms with van der Waals surface area (Å²) < 4.78 is 26.5. The topological polar surface area (TPSA) is 54.0 Å². The van der Waals surface area contributed by atoms with Crippen LogP contribution in [-0.2, 0) is 0 Å². The summed E-state index contributed by atoms with van der Waals surface area (Å²) in [5, 5.41) is 5.37. The highest BCUT2D eigenvalue weighted by Gasteiger charge is 2.14. The van der Waals surface area contributed by atoms with Gasteiger partial charge in [0, 0.05) is 17.6 Å². The number of anilines is 3. The highest BCUT2D eigenvalue weighted by Crippen LogP contribution is 2.25. The second-order valence-electron chi connectivity index (χ2n) is 5.24. The van der Waals surface area contributed by atoms with Gasteiger partial charge < -0.3 is 10.6 Å². The summed E-state index contributed by atoms with van der Waals surface area (Å²) in [6.45, 7) is 0. The molecule has 2 aromatic carbocycles. The summed E-state index contributed by atoms with van der Waals surface area (Å²) in [6, 6.07) is 11.1. The first-order valence-corrected chi connectivity index (χ1v) is 8.13. The summed E-state index contributed by atoms with van der Waals surface area (Å²) in [5.74, 6) is -1.36. The molecule has 0 unspecified atom stereocenters. The Labute approximate surface area is 157 Å². The van der Waals surface area contributed by atoms with E-state index < -0.39 is 17.5 Å². The minimum Gasteiger partial charge on any atom is -0.340 e. The first kappa shape index (κ1) is 18.1. The summed E-state index contributed by atoms with van der Waals surface area (Å²) in [6.07, 6.45) is 1.50. The summed E-state index contributed by atoms with van der Waals surface area (Å²) in [4.78, 5) is 16.7. The molecule has 1 heterocycles. The first-order chi connectivity index (χ1) is 12.4. The summed E-state index contributed by atoms with van der Waals surface area (Å²) in [5.41, 5.74) is 1.03. The van der Waals surface area contributed by atoms with Crippen molar-refractivity contribution in [2.45, 2.75) is 0 Å². The van der Waals surface area contributed by atoms with Crippen molar-refractivity contribution in [1.29, 1.82) is 0 Å². The van der Waals surface area contributed by atoms with Gasteiger partial charge in [0.05, 0.1) is 15.6 Å². The van der Waals surface area contributed by atoms with Gasteiger partial charge in [0.1, 0.15) is 17.5 Å². The third-order valence-electron chi connectivity index (χ3n) is 3.41. The van der Waals surface area contributed by atoms with E-state index in [1.165, 1.54) is 36.5 Å². The number of carbonyl (C=O) groups is 1. The van der Waals surface area contributed by atoms with Crippen LogP contribution in [0, 0.1) is 11.6 Å². The standard InChI is InChI=1S/C18H11Cl2F2N3O/c19-13-8-10(3-5-15(13)21)24-17-12(2-1-7-23-17)18(26)25-11-4-6-16(22)14(20)9-11/h1-9H,(H,23,24)(H,25,26). The van der Waals surface area contributed by atoms with Crippen molar-refractivity contribution < 1.29 is 13.6 Å². The number of carbonyl (C=O) groups excluding carboxylic acids is 1. The van der Waals surface area contributed by atoms with Gasteiger partial charge in [0.2, 0.25) is 0 Å². The van der Waals surface area contributed by atoms with E-state index in [2.05, 4.69) is 15.6 Å². The first-order valence-electron chi connectivity index (χ1n) is 7.37. The van der Waals surface area contributed by atoms with Crippen molar-refractivity contribution in [1.82, 2.24) is 4.98 Å². The molecule has 0 fully saturated rings. The third-order valence-corrected chi connectivity index (χ3v) is 3.99. The molecule has 0 spiro atoms. The van der Waals surface area contributed by atoms with Gasteiger partial charge in [-0.15, -0.1) is 0 Å². The number of nitrogens with one attached hydrogen (secondary N) is 2. The summed E-state index contributed by atoms with van der Waals surface area (Å²) in [7, 11) is 0. The zero-order valence-electron chi connectivity index (χ0n) is 13.1. The molecular formula is C18H11Cl2F2N3O. The quantitative estimate of drug-likeness (QED) is 0.600. The Balaban J connectivity index is 1.84. The summed E-state index contributed by atoms with van der Waals surface area (Å²) >= 11 is 11.5. The predicted octanol–water partition coefficient (Wildman–Crippen LogP) is 5.66. The van der Waals surface area contributed by atoms with Crippen LogP contribution in [0.25, 0.3) is 0 Å². The maximum absolute atomic E-state index is 13.3. The third kappa shape index (κ3) is 4.09. The minimum absolute atomic E-state index is 0.0575. The number of nitrogens with zero attached hydrogens (tertiary/aromatic N) is 1. The van der Waals surface area contributed by atoms with Gasteiger partial charge in [-0.05, 0) is 48.5 Å². The fraction of sp³-hybridized carbons (Fsp3) is 0. The molecule has 3 aromatic rings. The van der Waals surface area contributed by atoms with Crippen molar-refractivity contribution in [2.24, 2.45) is 0 Å². The average molecular weight is 394 g/mol. The molecule has 4 nitrogen and oxygen atoms in total. The van der Waals surface area contributed by atoms with Crippen LogP contribution in [0.1, 0.15) is 10.4 Å². The number of halogens is 4. The molecule has 132 valence electrons. The van der Waals surface area contributed by atoms with E-state index in [1.807, 2.05) is 0 Å². The normalized spacial score (nSPS) is 10.5. The van der Waals surface area contributed by atoms with E-state index in [-0.39, 0.29) is 21.4 Å². The van der Waals surface area contributed by atoms with E-state index in [9.17, 15) is 13.6 Å². The number of pyridine rings is 1. The molecule has 0 saturated carbocycles. The van der Waals surface area contributed by atoms with E-state index in [0.717, 1.165) is 6.07 Å². The Kier molecular flexibility index (Phi) is 5.35. The van der Waals surface area contributed by atoms with Crippen molar-refractivity contribution >= 4 is 46.3 Å². The molecular weight excluding hydrogens is 383 g/mol. The van der Waals surface area contributed by atoms with Gasteiger partial charge in [0.15, 0.2) is 0 Å². The maximum atomic E-state index is 13.3. The second kappa shape index (κ2) is 7.68. The number of benzene rings is 2. The van der Waals surface area contributed by atoms with Gasteiger partial charge in [-0.2, -0.15) is 0 Å². The molecule has 0 aliphatic carbocycles. The largest absolute Gasteiger partial charge is 0.340 e. The fourth-order valence-corrected chi connectivity index (χ4v) is 2.53. The van der Waals surface area contributed by atoms with Crippen LogP contribution in [-0.4, -0.2) is 10.9 Å². The molecule has 1 amide bonds. The van der Waals surface area contributed by atoms with E-state index in [4.69, 9.17) is 23.2 Å². The molecule has 26 heavy (non-hydrogen) atoms. The van der Waals surface area contributed by atoms with Crippen LogP contribution in [0.3, 0.4) is 0 Å². The zero-order valence-corrected chi connectivity index (χ0v) is 14.6. The second-order valence-corrected chi connectivity index (χ2v) is 6.05. The molecule has 8 heteroatoms. The Morgan fingerprint density at radius 3 is 2.19 bits per heavy atom. The molecule has 1 aromatic heterocycles. The van der Waals surface area contributed by atoms with Gasteiger partial charge in [-0.25, -0.2) is 13.8 Å². The molecule has 0 aliphatic rings. The fourth-order valence-electron chi connectivity index (χ4n) is 2.17. The molecule has 2 N–H and O–H groups in total. The van der Waals surface area contributed by atoms with E-state index >= 15 is 0 Å². The van der Waals surface area contributed by atoms with E-state index in [1.54, 1.807) is 12.1 Å². The lowest BCUT2D eigenvalue weighted by Crippen LogP contribution is -2.14. The average Bonchev–Trinajstić information content (AvgIpc) is 2.62. The van der Waals surface area contributed by atoms with Crippen molar-refractivity contribution in [3.63, 3.8) is 0 Å². The monoisotopic (exact) mass is 393 g/mol. The van der Waals surface area contributed by atoms with E-state index in [0.29, 0.717) is 11.4 Å². The molecule has 0 atom stereocenters. The Hall–Kier alpha value is -2.70. The number of amides is 1. The number of rotatable bonds is 4. The Bertz CT molecular complexity index is 982. The number of hydrogen-bond donors (Lipinski definition) is 2. The minimum atomic E-state index is -0.582. The maximum Gasteiger partial charge on any atom is 0.259 e. The molecule has 0 saturated heterocycles. The molecule has 3 rings (SSSR count). The highest BCUT2D eigenvalue weighted by atomic mass is 35.5. The molecule has 0 bridgehead atoms. The molecule has 0 radical (unpaired) electrons. The number of hydrogen-bond acceptors (Lipinski definition) is 3. The van der Waals surface area contributed by atoms with Crippen LogP contribution in [0.2, 0.25) is 10.0 Å². The van der Waals surface area contributed by atoms with Gasteiger partial charge in [-0.3, -0.25) is 4.79 Å². The van der Waals surface area contributed by atoms with Crippen LogP contribution in [0.15, 0.2) is 54.7 Å². The highest BCUT2D eigenvalue weighted by molar-refractivity contribution is 6.31. The van der Waals surface area contributed by atoms with Crippen LogP contribution >= 0.6 is 23.2 Å². The lowest BCUT2D eigenvalue weighted by molar-refractivity contribution is 0.102. The lowest BCUT2D eigenvalue weighted by atomic mass is 10.2. The lowest BCUT2D eigenvalue weighted by Gasteiger charge is -2.12. The SMILES string of the molecule is O=C(Nc1ccc(F)c(Cl)c1)c1cccnc1Nc1ccc(F)c(Cl)c1. The van der Waals surface area contributed by atoms with Gasteiger partial charge in [0.25, 0.3) is 5.91 Å².